The number of carboxylic acid groups (broad SMARTS) is 1. The highest BCUT2D eigenvalue weighted by molar-refractivity contribution is 5.84. The van der Waals surface area contributed by atoms with Crippen LogP contribution in [0.5, 0.6) is 0 Å². The molecule has 0 atom stereocenters. The summed E-state index contributed by atoms with van der Waals surface area (Å²) in [6, 6.07) is 0. The Labute approximate surface area is 138 Å². The van der Waals surface area contributed by atoms with Crippen LogP contribution in [0.25, 0.3) is 0 Å². The summed E-state index contributed by atoms with van der Waals surface area (Å²) in [6.07, 6.45) is 3.24. The van der Waals surface area contributed by atoms with Crippen LogP contribution >= 0.6 is 0 Å². The van der Waals surface area contributed by atoms with Crippen molar-refractivity contribution in [2.24, 2.45) is 11.3 Å². The van der Waals surface area contributed by atoms with Gasteiger partial charge in [0, 0.05) is 26.6 Å². The molecule has 1 rings (SSSR count). The molecule has 0 spiro atoms. The van der Waals surface area contributed by atoms with E-state index in [9.17, 15) is 14.4 Å². The smallest absolute Gasteiger partial charge is 0.306 e. The number of nitrogens with zero attached hydrogens (tertiary/aromatic N) is 2. The molecule has 1 saturated heterocycles. The Kier molecular flexibility index (Phi) is 7.03. The van der Waals surface area contributed by atoms with E-state index in [1.165, 1.54) is 4.90 Å². The first kappa shape index (κ1) is 19.5. The van der Waals surface area contributed by atoms with Crippen LogP contribution in [0, 0.1) is 11.3 Å². The minimum absolute atomic E-state index is 0.0111. The summed E-state index contributed by atoms with van der Waals surface area (Å²) in [6.45, 7) is 7.43. The standard InChI is InChI=1S/C17H30N2O4/c1-17(2,3)9-5-6-14(20)18(4)12-15(21)19-10-7-13(8-11-19)16(22)23/h13H,5-12H2,1-4H3,(H,22,23). The largest absolute Gasteiger partial charge is 0.481 e. The van der Waals surface area contributed by atoms with Gasteiger partial charge in [-0.3, -0.25) is 14.4 Å². The van der Waals surface area contributed by atoms with Crippen molar-refractivity contribution < 1.29 is 19.5 Å². The van der Waals surface area contributed by atoms with Crippen molar-refractivity contribution in [1.29, 1.82) is 0 Å². The summed E-state index contributed by atoms with van der Waals surface area (Å²) < 4.78 is 0. The van der Waals surface area contributed by atoms with Gasteiger partial charge < -0.3 is 14.9 Å². The van der Waals surface area contributed by atoms with Crippen molar-refractivity contribution in [3.63, 3.8) is 0 Å². The highest BCUT2D eigenvalue weighted by atomic mass is 16.4. The molecular formula is C17H30N2O4. The SMILES string of the molecule is CN(CC(=O)N1CCC(C(=O)O)CC1)C(=O)CCCC(C)(C)C. The van der Waals surface area contributed by atoms with Gasteiger partial charge in [0.2, 0.25) is 11.8 Å². The minimum atomic E-state index is -0.789. The molecule has 0 unspecified atom stereocenters. The average Bonchev–Trinajstić information content (AvgIpc) is 2.45. The monoisotopic (exact) mass is 326 g/mol. The second-order valence-electron chi connectivity index (χ2n) is 7.66. The molecule has 132 valence electrons. The fraction of sp³-hybridized carbons (Fsp3) is 0.824. The van der Waals surface area contributed by atoms with E-state index in [1.54, 1.807) is 11.9 Å². The topological polar surface area (TPSA) is 77.9 Å². The molecule has 1 fully saturated rings. The predicted molar refractivity (Wildman–Crippen MR) is 87.9 cm³/mol. The van der Waals surface area contributed by atoms with Gasteiger partial charge in [-0.2, -0.15) is 0 Å². The fourth-order valence-corrected chi connectivity index (χ4v) is 2.73. The number of hydrogen-bond acceptors (Lipinski definition) is 3. The Morgan fingerprint density at radius 2 is 1.74 bits per heavy atom. The van der Waals surface area contributed by atoms with Gasteiger partial charge in [0.05, 0.1) is 12.5 Å². The van der Waals surface area contributed by atoms with E-state index in [-0.39, 0.29) is 29.7 Å². The van der Waals surface area contributed by atoms with Gasteiger partial charge in [-0.25, -0.2) is 0 Å². The Balaban J connectivity index is 2.33. The van der Waals surface area contributed by atoms with E-state index in [4.69, 9.17) is 5.11 Å². The lowest BCUT2D eigenvalue weighted by atomic mass is 9.90. The number of amides is 2. The number of carboxylic acids is 1. The Hall–Kier alpha value is -1.59. The van der Waals surface area contributed by atoms with Crippen LogP contribution in [-0.2, 0) is 14.4 Å². The molecule has 1 aliphatic heterocycles. The van der Waals surface area contributed by atoms with Crippen molar-refractivity contribution in [3.05, 3.63) is 0 Å². The lowest BCUT2D eigenvalue weighted by Gasteiger charge is -2.31. The third-order valence-corrected chi connectivity index (χ3v) is 4.31. The molecular weight excluding hydrogens is 296 g/mol. The Morgan fingerprint density at radius 1 is 1.17 bits per heavy atom. The van der Waals surface area contributed by atoms with Crippen LogP contribution in [0.3, 0.4) is 0 Å². The molecule has 1 aliphatic rings. The van der Waals surface area contributed by atoms with E-state index in [0.29, 0.717) is 32.4 Å². The maximum Gasteiger partial charge on any atom is 0.306 e. The summed E-state index contributed by atoms with van der Waals surface area (Å²) in [4.78, 5) is 38.3. The zero-order chi connectivity index (χ0) is 17.6. The molecule has 6 heteroatoms. The number of aliphatic carboxylic acids is 1. The molecule has 0 radical (unpaired) electrons. The van der Waals surface area contributed by atoms with Gasteiger partial charge >= 0.3 is 5.97 Å². The fourth-order valence-electron chi connectivity index (χ4n) is 2.73. The van der Waals surface area contributed by atoms with Crippen molar-refractivity contribution >= 4 is 17.8 Å². The molecule has 0 aliphatic carbocycles. The van der Waals surface area contributed by atoms with Crippen LogP contribution in [0.2, 0.25) is 0 Å². The average molecular weight is 326 g/mol. The number of hydrogen-bond donors (Lipinski definition) is 1. The van der Waals surface area contributed by atoms with Crippen molar-refractivity contribution in [2.45, 2.75) is 52.9 Å². The molecule has 0 saturated carbocycles. The third-order valence-electron chi connectivity index (χ3n) is 4.31. The second-order valence-corrected chi connectivity index (χ2v) is 7.66. The van der Waals surface area contributed by atoms with E-state index in [1.807, 2.05) is 0 Å². The van der Waals surface area contributed by atoms with Crippen molar-refractivity contribution in [1.82, 2.24) is 9.80 Å². The molecule has 0 bridgehead atoms. The first-order valence-corrected chi connectivity index (χ1v) is 8.34. The van der Waals surface area contributed by atoms with Crippen LogP contribution in [-0.4, -0.2) is 59.4 Å². The number of carbonyl (C=O) groups is 3. The van der Waals surface area contributed by atoms with Gasteiger partial charge in [0.25, 0.3) is 0 Å². The zero-order valence-corrected chi connectivity index (χ0v) is 14.8. The van der Waals surface area contributed by atoms with E-state index < -0.39 is 5.97 Å². The molecule has 0 aromatic rings. The molecule has 1 N–H and O–H groups in total. The predicted octanol–water partition coefficient (Wildman–Crippen LogP) is 1.98. The minimum Gasteiger partial charge on any atom is -0.481 e. The van der Waals surface area contributed by atoms with Crippen LogP contribution in [0.15, 0.2) is 0 Å². The van der Waals surface area contributed by atoms with Gasteiger partial charge in [-0.05, 0) is 31.1 Å². The Morgan fingerprint density at radius 3 is 2.22 bits per heavy atom. The highest BCUT2D eigenvalue weighted by Crippen LogP contribution is 2.22. The van der Waals surface area contributed by atoms with Gasteiger partial charge in [0.15, 0.2) is 0 Å². The van der Waals surface area contributed by atoms with E-state index in [2.05, 4.69) is 20.8 Å². The number of piperidine rings is 1. The van der Waals surface area contributed by atoms with Gasteiger partial charge in [-0.15, -0.1) is 0 Å². The quantitative estimate of drug-likeness (QED) is 0.809. The van der Waals surface area contributed by atoms with Crippen LogP contribution < -0.4 is 0 Å². The second kappa shape index (κ2) is 8.31. The lowest BCUT2D eigenvalue weighted by Crippen LogP contribution is -2.45. The van der Waals surface area contributed by atoms with Crippen LogP contribution in [0.4, 0.5) is 0 Å². The first-order valence-electron chi connectivity index (χ1n) is 8.34. The molecule has 2 amide bonds. The molecule has 0 aromatic carbocycles. The normalized spacial score (nSPS) is 16.3. The number of likely N-dealkylation sites (N-methyl/N-ethyl adjacent to an activating group) is 1. The van der Waals surface area contributed by atoms with Crippen LogP contribution in [0.1, 0.15) is 52.9 Å². The number of carbonyl (C=O) groups excluding carboxylic acids is 2. The van der Waals surface area contributed by atoms with Crippen molar-refractivity contribution in [3.8, 4) is 0 Å². The summed E-state index contributed by atoms with van der Waals surface area (Å²) in [5.74, 6) is -1.25. The lowest BCUT2D eigenvalue weighted by molar-refractivity contribution is -0.146. The van der Waals surface area contributed by atoms with E-state index >= 15 is 0 Å². The maximum atomic E-state index is 12.2. The van der Waals surface area contributed by atoms with Gasteiger partial charge in [-0.1, -0.05) is 20.8 Å². The third kappa shape index (κ3) is 7.01. The molecule has 0 aromatic heterocycles. The summed E-state index contributed by atoms with van der Waals surface area (Å²) >= 11 is 0. The zero-order valence-electron chi connectivity index (χ0n) is 14.8. The highest BCUT2D eigenvalue weighted by Gasteiger charge is 2.27. The van der Waals surface area contributed by atoms with Crippen molar-refractivity contribution in [2.75, 3.05) is 26.7 Å². The summed E-state index contributed by atoms with van der Waals surface area (Å²) in [5.41, 5.74) is 0.211. The Bertz CT molecular complexity index is 434. The molecule has 1 heterocycles. The summed E-state index contributed by atoms with van der Waals surface area (Å²) in [5, 5.41) is 8.96. The molecule has 23 heavy (non-hydrogen) atoms. The van der Waals surface area contributed by atoms with Gasteiger partial charge in [0.1, 0.15) is 0 Å². The first-order chi connectivity index (χ1) is 10.6. The maximum absolute atomic E-state index is 12.2. The summed E-state index contributed by atoms with van der Waals surface area (Å²) in [7, 11) is 1.65. The van der Waals surface area contributed by atoms with E-state index in [0.717, 1.165) is 12.8 Å². The number of likely N-dealkylation sites (tertiary alicyclic amines) is 1. The molecule has 6 nitrogen and oxygen atoms in total. The number of rotatable bonds is 6.